The van der Waals surface area contributed by atoms with E-state index < -0.39 is 5.82 Å². The fourth-order valence-electron chi connectivity index (χ4n) is 8.59. The molecule has 2 bridgehead atoms. The quantitative estimate of drug-likeness (QED) is 0.253. The van der Waals surface area contributed by atoms with E-state index in [-0.39, 0.29) is 34.6 Å². The lowest BCUT2D eigenvalue weighted by molar-refractivity contribution is -0.130. The smallest absolute Gasteiger partial charge is 0.319 e. The van der Waals surface area contributed by atoms with E-state index in [1.54, 1.807) is 18.3 Å². The van der Waals surface area contributed by atoms with E-state index in [2.05, 4.69) is 27.0 Å². The van der Waals surface area contributed by atoms with Crippen LogP contribution in [0.3, 0.4) is 0 Å². The van der Waals surface area contributed by atoms with E-state index in [0.717, 1.165) is 80.9 Å². The lowest BCUT2D eigenvalue weighted by Gasteiger charge is -2.35. The molecule has 2 aromatic carbocycles. The SMILES string of the molecule is CCc1cccc2cc(O)cc(-c3ncc4c(N5CC6CCC(C5)N6)nc(OCC56CCCN5C(COC=O)CC6)nc4c3F)c12. The highest BCUT2D eigenvalue weighted by Crippen LogP contribution is 2.43. The van der Waals surface area contributed by atoms with Crippen molar-refractivity contribution in [2.45, 2.75) is 75.5 Å². The molecule has 2 aromatic heterocycles. The molecular weight excluding hydrogens is 587 g/mol. The molecule has 10 nitrogen and oxygen atoms in total. The lowest BCUT2D eigenvalue weighted by atomic mass is 9.95. The van der Waals surface area contributed by atoms with Gasteiger partial charge in [0.05, 0.1) is 10.9 Å². The molecule has 0 aliphatic carbocycles. The number of halogens is 1. The number of phenols is 1. The average molecular weight is 627 g/mol. The summed E-state index contributed by atoms with van der Waals surface area (Å²) in [7, 11) is 0. The van der Waals surface area contributed by atoms with Gasteiger partial charge in [0.1, 0.15) is 36.0 Å². The van der Waals surface area contributed by atoms with Crippen LogP contribution < -0.4 is 15.0 Å². The Balaban J connectivity index is 1.22. The highest BCUT2D eigenvalue weighted by molar-refractivity contribution is 6.01. The molecule has 4 aromatic rings. The minimum absolute atomic E-state index is 0.0505. The van der Waals surface area contributed by atoms with Crippen LogP contribution in [-0.4, -0.2) is 87.9 Å². The van der Waals surface area contributed by atoms with Crippen molar-refractivity contribution in [2.75, 3.05) is 37.7 Å². The summed E-state index contributed by atoms with van der Waals surface area (Å²) in [5, 5.41) is 16.5. The van der Waals surface area contributed by atoms with Crippen LogP contribution >= 0.6 is 0 Å². The Morgan fingerprint density at radius 3 is 2.80 bits per heavy atom. The van der Waals surface area contributed by atoms with Gasteiger partial charge in [-0.1, -0.05) is 25.1 Å². The first-order chi connectivity index (χ1) is 22.5. The number of nitrogens with one attached hydrogen (secondary N) is 1. The van der Waals surface area contributed by atoms with Gasteiger partial charge < -0.3 is 24.8 Å². The number of aromatic hydroxyl groups is 1. The largest absolute Gasteiger partial charge is 0.508 e. The molecule has 4 aliphatic rings. The van der Waals surface area contributed by atoms with Crippen LogP contribution in [0.4, 0.5) is 10.2 Å². The van der Waals surface area contributed by atoms with E-state index in [0.29, 0.717) is 48.5 Å². The van der Waals surface area contributed by atoms with E-state index >= 15 is 4.39 Å². The minimum atomic E-state index is -0.561. The molecule has 2 N–H and O–H groups in total. The van der Waals surface area contributed by atoms with Crippen LogP contribution in [0, 0.1) is 5.82 Å². The summed E-state index contributed by atoms with van der Waals surface area (Å²) >= 11 is 0. The first-order valence-electron chi connectivity index (χ1n) is 16.5. The number of ether oxygens (including phenoxy) is 2. The summed E-state index contributed by atoms with van der Waals surface area (Å²) in [5.41, 5.74) is 1.68. The van der Waals surface area contributed by atoms with E-state index in [9.17, 15) is 9.90 Å². The zero-order valence-electron chi connectivity index (χ0n) is 26.0. The molecule has 4 unspecified atom stereocenters. The van der Waals surface area contributed by atoms with Crippen molar-refractivity contribution in [1.82, 2.24) is 25.2 Å². The number of fused-ring (bicyclic) bond motifs is 5. The maximum Gasteiger partial charge on any atom is 0.319 e. The molecule has 0 radical (unpaired) electrons. The molecule has 11 heteroatoms. The number of hydrogen-bond acceptors (Lipinski definition) is 10. The normalized spacial score (nSPS) is 25.8. The predicted octanol–water partition coefficient (Wildman–Crippen LogP) is 4.74. The molecule has 6 heterocycles. The molecule has 4 fully saturated rings. The fraction of sp³-hybridized carbons (Fsp3) is 0.486. The molecule has 240 valence electrons. The minimum Gasteiger partial charge on any atom is -0.508 e. The Labute approximate surface area is 266 Å². The van der Waals surface area contributed by atoms with Crippen LogP contribution in [0.2, 0.25) is 0 Å². The molecule has 4 saturated heterocycles. The maximum atomic E-state index is 16.9. The lowest BCUT2D eigenvalue weighted by Crippen LogP contribution is -2.51. The second-order valence-corrected chi connectivity index (χ2v) is 13.3. The van der Waals surface area contributed by atoms with Crippen LogP contribution in [0.5, 0.6) is 11.8 Å². The Morgan fingerprint density at radius 1 is 1.15 bits per heavy atom. The second-order valence-electron chi connectivity index (χ2n) is 13.3. The number of rotatable bonds is 9. The number of anilines is 1. The Hall–Kier alpha value is -4.09. The van der Waals surface area contributed by atoms with Crippen molar-refractivity contribution in [3.05, 3.63) is 47.9 Å². The molecule has 8 rings (SSSR count). The van der Waals surface area contributed by atoms with E-state index in [1.165, 1.54) is 0 Å². The zero-order valence-corrected chi connectivity index (χ0v) is 26.0. The summed E-state index contributed by atoms with van der Waals surface area (Å²) in [5.74, 6) is 0.125. The second kappa shape index (κ2) is 11.6. The Bertz CT molecular complexity index is 1810. The number of aryl methyl sites for hydroxylation is 1. The first-order valence-corrected chi connectivity index (χ1v) is 16.5. The van der Waals surface area contributed by atoms with E-state index in [1.807, 2.05) is 18.2 Å². The topological polar surface area (TPSA) is 113 Å². The van der Waals surface area contributed by atoms with Gasteiger partial charge in [-0.25, -0.2) is 4.39 Å². The first kappa shape index (κ1) is 29.3. The van der Waals surface area contributed by atoms with Crippen LogP contribution in [0.25, 0.3) is 32.9 Å². The number of pyridine rings is 1. The summed E-state index contributed by atoms with van der Waals surface area (Å²) in [4.78, 5) is 29.8. The van der Waals surface area contributed by atoms with Crippen molar-refractivity contribution in [2.24, 2.45) is 0 Å². The molecular formula is C35H39FN6O4. The highest BCUT2D eigenvalue weighted by Gasteiger charge is 2.50. The summed E-state index contributed by atoms with van der Waals surface area (Å²) in [6.07, 6.45) is 8.48. The molecule has 46 heavy (non-hydrogen) atoms. The number of piperazine rings is 1. The average Bonchev–Trinajstić information content (AvgIpc) is 3.74. The van der Waals surface area contributed by atoms with Gasteiger partial charge in [-0.2, -0.15) is 9.97 Å². The number of hydrogen-bond donors (Lipinski definition) is 2. The van der Waals surface area contributed by atoms with Gasteiger partial charge in [-0.15, -0.1) is 0 Å². The third-order valence-corrected chi connectivity index (χ3v) is 10.7. The van der Waals surface area contributed by atoms with Gasteiger partial charge in [0.25, 0.3) is 6.47 Å². The highest BCUT2D eigenvalue weighted by atomic mass is 19.1. The van der Waals surface area contributed by atoms with Gasteiger partial charge in [-0.3, -0.25) is 14.7 Å². The summed E-state index contributed by atoms with van der Waals surface area (Å²) in [6.45, 7) is 5.77. The molecule has 4 aliphatic heterocycles. The van der Waals surface area contributed by atoms with Gasteiger partial charge >= 0.3 is 6.01 Å². The number of aromatic nitrogens is 3. The number of carbonyl (C=O) groups excluding carboxylic acids is 1. The third-order valence-electron chi connectivity index (χ3n) is 10.7. The predicted molar refractivity (Wildman–Crippen MR) is 173 cm³/mol. The molecule has 4 atom stereocenters. The van der Waals surface area contributed by atoms with Crippen molar-refractivity contribution in [3.63, 3.8) is 0 Å². The van der Waals surface area contributed by atoms with Crippen molar-refractivity contribution in [3.8, 4) is 23.0 Å². The Kier molecular flexibility index (Phi) is 7.40. The third kappa shape index (κ3) is 4.91. The van der Waals surface area contributed by atoms with Crippen LogP contribution in [-0.2, 0) is 16.0 Å². The summed E-state index contributed by atoms with van der Waals surface area (Å²) < 4.78 is 28.5. The Morgan fingerprint density at radius 2 is 2.00 bits per heavy atom. The van der Waals surface area contributed by atoms with Crippen LogP contribution in [0.1, 0.15) is 51.0 Å². The summed E-state index contributed by atoms with van der Waals surface area (Å²) in [6, 6.07) is 10.2. The standard InChI is InChI=1S/C35H39FN6O4/c1-2-21-5-3-6-22-13-26(44)14-27(29(21)22)31-30(36)32-28(15-37-31)33(41-16-23-7-8-24(17-41)38-23)40-34(39-32)46-19-35-10-4-12-42(35)25(9-11-35)18-45-20-43/h3,5-6,13-15,20,23-25,38,44H,2,4,7-12,16-19H2,1H3. The van der Waals surface area contributed by atoms with E-state index in [4.69, 9.17) is 19.4 Å². The van der Waals surface area contributed by atoms with Gasteiger partial charge in [0.15, 0.2) is 5.82 Å². The fourth-order valence-corrected chi connectivity index (χ4v) is 8.59. The van der Waals surface area contributed by atoms with Crippen molar-refractivity contribution < 1.29 is 23.8 Å². The number of phenolic OH excluding ortho intramolecular Hbond substituents is 1. The molecule has 0 saturated carbocycles. The van der Waals surface area contributed by atoms with Crippen molar-refractivity contribution in [1.29, 1.82) is 0 Å². The molecule has 0 amide bonds. The van der Waals surface area contributed by atoms with Gasteiger partial charge in [-0.05, 0) is 80.0 Å². The monoisotopic (exact) mass is 626 g/mol. The molecule has 0 spiro atoms. The maximum absolute atomic E-state index is 16.9. The van der Waals surface area contributed by atoms with Gasteiger partial charge in [0, 0.05) is 43.0 Å². The number of benzene rings is 2. The van der Waals surface area contributed by atoms with Gasteiger partial charge in [0.2, 0.25) is 0 Å². The van der Waals surface area contributed by atoms with Crippen molar-refractivity contribution >= 4 is 34.0 Å². The van der Waals surface area contributed by atoms with Crippen LogP contribution in [0.15, 0.2) is 36.5 Å². The number of nitrogens with zero attached hydrogens (tertiary/aromatic N) is 5. The number of carbonyl (C=O) groups is 1. The zero-order chi connectivity index (χ0) is 31.4.